The van der Waals surface area contributed by atoms with Crippen LogP contribution in [0.5, 0.6) is 5.75 Å². The predicted molar refractivity (Wildman–Crippen MR) is 150 cm³/mol. The number of aromatic nitrogens is 6. The van der Waals surface area contributed by atoms with Crippen molar-refractivity contribution in [2.45, 2.75) is 18.5 Å². The molecule has 4 heterocycles. The summed E-state index contributed by atoms with van der Waals surface area (Å²) in [5.74, 6) is -0.143. The Morgan fingerprint density at radius 1 is 1.23 bits per heavy atom. The molecule has 1 fully saturated rings. The SMILES string of the molecule is C=CC(=O)NC1CC(n2cc(-c3ccc(NC(=O)c4cccc(-c5[nH]ncc5Cl)n4)c(OC)c3)nn2)CN(C)C1. The van der Waals surface area contributed by atoms with E-state index >= 15 is 0 Å². The van der Waals surface area contributed by atoms with Gasteiger partial charge in [0.05, 0.1) is 41.9 Å². The molecular formula is C27H28ClN9O3. The number of anilines is 1. The van der Waals surface area contributed by atoms with Crippen LogP contribution in [0.2, 0.25) is 5.02 Å². The molecule has 2 amide bonds. The number of rotatable bonds is 8. The Hall–Kier alpha value is -4.55. The Bertz CT molecular complexity index is 1550. The summed E-state index contributed by atoms with van der Waals surface area (Å²) in [4.78, 5) is 31.4. The smallest absolute Gasteiger partial charge is 0.274 e. The van der Waals surface area contributed by atoms with E-state index < -0.39 is 5.91 Å². The van der Waals surface area contributed by atoms with E-state index in [1.54, 1.807) is 30.3 Å². The van der Waals surface area contributed by atoms with Crippen molar-refractivity contribution in [1.29, 1.82) is 0 Å². The van der Waals surface area contributed by atoms with Gasteiger partial charge in [-0.1, -0.05) is 35.5 Å². The van der Waals surface area contributed by atoms with Crippen LogP contribution in [0, 0.1) is 0 Å². The van der Waals surface area contributed by atoms with Crippen molar-refractivity contribution < 1.29 is 14.3 Å². The summed E-state index contributed by atoms with van der Waals surface area (Å²) in [5.41, 5.74) is 3.14. The van der Waals surface area contributed by atoms with E-state index in [-0.39, 0.29) is 23.7 Å². The minimum Gasteiger partial charge on any atom is -0.495 e. The van der Waals surface area contributed by atoms with Crippen LogP contribution in [0.1, 0.15) is 23.0 Å². The number of likely N-dealkylation sites (tertiary alicyclic amines) is 1. The highest BCUT2D eigenvalue weighted by Gasteiger charge is 2.28. The standard InChI is InChI=1S/C27H28ClN9O3/c1-4-25(38)30-17-11-18(14-36(2)13-17)37-15-23(33-35-37)16-8-9-20(24(10-16)40-3)32-27(39)22-7-5-6-21(31-22)26-19(28)12-29-34-26/h4-10,12,15,17-18H,1,11,13-14H2,2-3H3,(H,29,34)(H,30,38)(H,32,39). The van der Waals surface area contributed by atoms with E-state index in [4.69, 9.17) is 16.3 Å². The first-order valence-corrected chi connectivity index (χ1v) is 12.9. The zero-order chi connectivity index (χ0) is 28.2. The number of nitrogens with one attached hydrogen (secondary N) is 3. The number of hydrogen-bond donors (Lipinski definition) is 3. The number of halogens is 1. The molecule has 3 N–H and O–H groups in total. The molecule has 40 heavy (non-hydrogen) atoms. The van der Waals surface area contributed by atoms with E-state index in [1.807, 2.05) is 24.0 Å². The number of pyridine rings is 1. The van der Waals surface area contributed by atoms with Gasteiger partial charge in [0.1, 0.15) is 22.8 Å². The molecule has 12 nitrogen and oxygen atoms in total. The molecule has 4 aromatic rings. The average molecular weight is 562 g/mol. The second-order valence-corrected chi connectivity index (χ2v) is 9.88. The first kappa shape index (κ1) is 27.0. The third-order valence-corrected chi connectivity index (χ3v) is 6.89. The predicted octanol–water partition coefficient (Wildman–Crippen LogP) is 3.19. The van der Waals surface area contributed by atoms with Gasteiger partial charge in [-0.2, -0.15) is 5.10 Å². The fourth-order valence-corrected chi connectivity index (χ4v) is 4.91. The molecule has 2 unspecified atom stereocenters. The van der Waals surface area contributed by atoms with E-state index in [9.17, 15) is 9.59 Å². The molecule has 206 valence electrons. The number of carbonyl (C=O) groups excluding carboxylic acids is 2. The van der Waals surface area contributed by atoms with Crippen molar-refractivity contribution in [1.82, 2.24) is 40.4 Å². The molecule has 1 aromatic carbocycles. The van der Waals surface area contributed by atoms with Crippen LogP contribution in [0.4, 0.5) is 5.69 Å². The number of amides is 2. The number of nitrogens with zero attached hydrogens (tertiary/aromatic N) is 6. The van der Waals surface area contributed by atoms with E-state index in [0.717, 1.165) is 25.1 Å². The lowest BCUT2D eigenvalue weighted by molar-refractivity contribution is -0.117. The quantitative estimate of drug-likeness (QED) is 0.278. The molecular weight excluding hydrogens is 534 g/mol. The van der Waals surface area contributed by atoms with Gasteiger partial charge in [-0.05, 0) is 43.8 Å². The van der Waals surface area contributed by atoms with Gasteiger partial charge in [0.2, 0.25) is 5.91 Å². The molecule has 0 radical (unpaired) electrons. The molecule has 0 saturated carbocycles. The number of piperidine rings is 1. The molecule has 13 heteroatoms. The Kier molecular flexibility index (Phi) is 7.89. The minimum atomic E-state index is -0.408. The Morgan fingerprint density at radius 3 is 2.83 bits per heavy atom. The summed E-state index contributed by atoms with van der Waals surface area (Å²) in [7, 11) is 3.54. The number of methoxy groups -OCH3 is 1. The fourth-order valence-electron chi connectivity index (χ4n) is 4.72. The first-order valence-electron chi connectivity index (χ1n) is 12.5. The summed E-state index contributed by atoms with van der Waals surface area (Å²) >= 11 is 6.14. The van der Waals surface area contributed by atoms with Gasteiger partial charge in [-0.25, -0.2) is 9.67 Å². The Labute approximate surface area is 235 Å². The largest absolute Gasteiger partial charge is 0.495 e. The summed E-state index contributed by atoms with van der Waals surface area (Å²) in [6.07, 6.45) is 5.36. The average Bonchev–Trinajstić information content (AvgIpc) is 3.62. The van der Waals surface area contributed by atoms with E-state index in [1.165, 1.54) is 19.4 Å². The maximum Gasteiger partial charge on any atom is 0.274 e. The Morgan fingerprint density at radius 2 is 2.08 bits per heavy atom. The molecule has 3 aromatic heterocycles. The summed E-state index contributed by atoms with van der Waals surface area (Å²) in [6.45, 7) is 5.06. The van der Waals surface area contributed by atoms with Gasteiger partial charge in [-0.15, -0.1) is 5.10 Å². The van der Waals surface area contributed by atoms with Crippen molar-refractivity contribution in [2.75, 3.05) is 32.6 Å². The van der Waals surface area contributed by atoms with Crippen LogP contribution in [0.25, 0.3) is 22.6 Å². The highest BCUT2D eigenvalue weighted by atomic mass is 35.5. The highest BCUT2D eigenvalue weighted by Crippen LogP contribution is 2.31. The van der Waals surface area contributed by atoms with Crippen LogP contribution in [-0.4, -0.2) is 80.2 Å². The van der Waals surface area contributed by atoms with Crippen molar-refractivity contribution >= 4 is 29.1 Å². The topological polar surface area (TPSA) is 143 Å². The normalized spacial score (nSPS) is 17.3. The van der Waals surface area contributed by atoms with Crippen LogP contribution in [-0.2, 0) is 4.79 Å². The maximum atomic E-state index is 13.0. The van der Waals surface area contributed by atoms with Crippen LogP contribution in [0.3, 0.4) is 0 Å². The van der Waals surface area contributed by atoms with Crippen LogP contribution >= 0.6 is 11.6 Å². The molecule has 1 saturated heterocycles. The van der Waals surface area contributed by atoms with Gasteiger partial charge in [-0.3, -0.25) is 14.7 Å². The number of hydrogen-bond acceptors (Lipinski definition) is 8. The fraction of sp³-hybridized carbons (Fsp3) is 0.259. The maximum absolute atomic E-state index is 13.0. The van der Waals surface area contributed by atoms with Crippen LogP contribution in [0.15, 0.2) is 61.4 Å². The molecule has 1 aliphatic rings. The number of ether oxygens (including phenoxy) is 1. The second-order valence-electron chi connectivity index (χ2n) is 9.47. The zero-order valence-corrected chi connectivity index (χ0v) is 22.7. The van der Waals surface area contributed by atoms with Gasteiger partial charge in [0.25, 0.3) is 5.91 Å². The third kappa shape index (κ3) is 5.87. The monoisotopic (exact) mass is 561 g/mol. The first-order chi connectivity index (χ1) is 19.3. The minimum absolute atomic E-state index is 0.0171. The zero-order valence-electron chi connectivity index (χ0n) is 22.0. The second kappa shape index (κ2) is 11.7. The summed E-state index contributed by atoms with van der Waals surface area (Å²) in [6, 6.07) is 10.5. The lowest BCUT2D eigenvalue weighted by Gasteiger charge is -2.35. The molecule has 0 bridgehead atoms. The highest BCUT2D eigenvalue weighted by molar-refractivity contribution is 6.32. The lowest BCUT2D eigenvalue weighted by atomic mass is 10.0. The number of H-pyrrole nitrogens is 1. The molecule has 0 spiro atoms. The molecule has 5 rings (SSSR count). The summed E-state index contributed by atoms with van der Waals surface area (Å²) < 4.78 is 7.39. The van der Waals surface area contributed by atoms with Crippen molar-refractivity contribution in [3.05, 3.63) is 72.2 Å². The molecule has 2 atom stereocenters. The third-order valence-electron chi connectivity index (χ3n) is 6.60. The number of carbonyl (C=O) groups is 2. The van der Waals surface area contributed by atoms with Gasteiger partial charge in [0.15, 0.2) is 0 Å². The van der Waals surface area contributed by atoms with Crippen molar-refractivity contribution in [2.24, 2.45) is 0 Å². The van der Waals surface area contributed by atoms with Crippen molar-refractivity contribution in [3.63, 3.8) is 0 Å². The lowest BCUT2D eigenvalue weighted by Crippen LogP contribution is -2.49. The number of aromatic amines is 1. The number of benzene rings is 1. The summed E-state index contributed by atoms with van der Waals surface area (Å²) in [5, 5.41) is 21.6. The van der Waals surface area contributed by atoms with Gasteiger partial charge < -0.3 is 20.3 Å². The Balaban J connectivity index is 1.31. The van der Waals surface area contributed by atoms with E-state index in [0.29, 0.717) is 33.5 Å². The van der Waals surface area contributed by atoms with Gasteiger partial charge >= 0.3 is 0 Å². The van der Waals surface area contributed by atoms with E-state index in [2.05, 4.69) is 47.6 Å². The molecule has 1 aliphatic heterocycles. The van der Waals surface area contributed by atoms with Crippen LogP contribution < -0.4 is 15.4 Å². The molecule has 0 aliphatic carbocycles. The van der Waals surface area contributed by atoms with Gasteiger partial charge in [0, 0.05) is 24.7 Å². The number of likely N-dealkylation sites (N-methyl/N-ethyl adjacent to an activating group) is 1. The van der Waals surface area contributed by atoms with Crippen molar-refractivity contribution in [3.8, 4) is 28.4 Å².